The molecule has 0 heterocycles. The second-order valence-corrected chi connectivity index (χ2v) is 3.81. The molecule has 0 radical (unpaired) electrons. The van der Waals surface area contributed by atoms with Crippen molar-refractivity contribution in [2.24, 2.45) is 5.16 Å². The lowest BCUT2D eigenvalue weighted by molar-refractivity contribution is -0.159. The summed E-state index contributed by atoms with van der Waals surface area (Å²) in [5.41, 5.74) is 0. The summed E-state index contributed by atoms with van der Waals surface area (Å²) in [4.78, 5) is 33.4. The Balaban J connectivity index is 4.04. The largest absolute Gasteiger partial charge is 0.408 e. The van der Waals surface area contributed by atoms with Gasteiger partial charge in [-0.1, -0.05) is 19.0 Å². The average Bonchev–Trinajstić information content (AvgIpc) is 2.34. The van der Waals surface area contributed by atoms with E-state index < -0.39 is 17.9 Å². The van der Waals surface area contributed by atoms with Crippen LogP contribution in [0.1, 0.15) is 52.4 Å². The van der Waals surface area contributed by atoms with Gasteiger partial charge in [-0.2, -0.15) is 0 Å². The van der Waals surface area contributed by atoms with Crippen molar-refractivity contribution in [1.82, 2.24) is 0 Å². The van der Waals surface area contributed by atoms with Gasteiger partial charge in [-0.3, -0.25) is 14.4 Å². The van der Waals surface area contributed by atoms with Gasteiger partial charge in [0.2, 0.25) is 5.90 Å². The van der Waals surface area contributed by atoms with Crippen LogP contribution in [0.2, 0.25) is 0 Å². The van der Waals surface area contributed by atoms with Crippen LogP contribution in [-0.2, 0) is 23.9 Å². The number of nitrogens with zero attached hydrogens (tertiary/aromatic N) is 1. The fourth-order valence-corrected chi connectivity index (χ4v) is 1.15. The van der Waals surface area contributed by atoms with Crippen molar-refractivity contribution in [2.45, 2.75) is 52.4 Å². The van der Waals surface area contributed by atoms with Gasteiger partial charge in [-0.15, -0.1) is 0 Å². The number of carbonyl (C=O) groups excluding carboxylic acids is 3. The van der Waals surface area contributed by atoms with Crippen molar-refractivity contribution in [1.29, 1.82) is 0 Å². The van der Waals surface area contributed by atoms with Gasteiger partial charge < -0.3 is 14.7 Å². The first-order valence-electron chi connectivity index (χ1n) is 6.18. The first-order chi connectivity index (χ1) is 9.03. The molecule has 108 valence electrons. The molecule has 0 saturated carbocycles. The number of hydrogen-bond donors (Lipinski definition) is 1. The van der Waals surface area contributed by atoms with Gasteiger partial charge >= 0.3 is 17.9 Å². The molecular formula is C12H19NO6. The smallest absolute Gasteiger partial charge is 0.313 e. The summed E-state index contributed by atoms with van der Waals surface area (Å²) in [6, 6.07) is 0. The molecule has 0 fully saturated rings. The third-order valence-corrected chi connectivity index (χ3v) is 2.02. The van der Waals surface area contributed by atoms with Crippen molar-refractivity contribution < 1.29 is 29.1 Å². The van der Waals surface area contributed by atoms with Gasteiger partial charge in [-0.25, -0.2) is 0 Å². The van der Waals surface area contributed by atoms with Crippen LogP contribution < -0.4 is 0 Å². The molecular weight excluding hydrogens is 254 g/mol. The van der Waals surface area contributed by atoms with E-state index in [4.69, 9.17) is 9.94 Å². The molecule has 19 heavy (non-hydrogen) atoms. The molecule has 7 nitrogen and oxygen atoms in total. The van der Waals surface area contributed by atoms with Crippen molar-refractivity contribution >= 4 is 23.8 Å². The van der Waals surface area contributed by atoms with Crippen LogP contribution in [0.4, 0.5) is 0 Å². The highest BCUT2D eigenvalue weighted by Gasteiger charge is 2.14. The highest BCUT2D eigenvalue weighted by atomic mass is 16.6. The van der Waals surface area contributed by atoms with Gasteiger partial charge in [0.15, 0.2) is 0 Å². The molecule has 0 aliphatic heterocycles. The Bertz CT molecular complexity index is 350. The van der Waals surface area contributed by atoms with Crippen LogP contribution in [-0.4, -0.2) is 29.0 Å². The van der Waals surface area contributed by atoms with Gasteiger partial charge in [0.05, 0.1) is 6.42 Å². The topological polar surface area (TPSA) is 102 Å². The Kier molecular flexibility index (Phi) is 9.03. The van der Waals surface area contributed by atoms with Crippen LogP contribution in [0.5, 0.6) is 0 Å². The zero-order chi connectivity index (χ0) is 14.7. The summed E-state index contributed by atoms with van der Waals surface area (Å²) < 4.78 is 9.19. The number of ether oxygens (including phenoxy) is 2. The van der Waals surface area contributed by atoms with Crippen LogP contribution in [0.15, 0.2) is 5.16 Å². The monoisotopic (exact) mass is 273 g/mol. The highest BCUT2D eigenvalue weighted by Crippen LogP contribution is 2.02. The van der Waals surface area contributed by atoms with Crippen LogP contribution >= 0.6 is 0 Å². The molecule has 0 rings (SSSR count). The van der Waals surface area contributed by atoms with Gasteiger partial charge in [-0.05, 0) is 12.8 Å². The number of carbonyl (C=O) groups is 3. The molecule has 0 unspecified atom stereocenters. The fourth-order valence-electron chi connectivity index (χ4n) is 1.15. The number of oxime groups is 1. The van der Waals surface area contributed by atoms with Crippen molar-refractivity contribution in [3.63, 3.8) is 0 Å². The predicted molar refractivity (Wildman–Crippen MR) is 65.5 cm³/mol. The third kappa shape index (κ3) is 8.76. The lowest BCUT2D eigenvalue weighted by Gasteiger charge is -2.05. The Morgan fingerprint density at radius 3 is 1.79 bits per heavy atom. The number of esters is 3. The summed E-state index contributed by atoms with van der Waals surface area (Å²) in [6.45, 7) is 3.59. The maximum Gasteiger partial charge on any atom is 0.313 e. The summed E-state index contributed by atoms with van der Waals surface area (Å²) in [5, 5.41) is 11.4. The SMILES string of the molecule is CCCC(=O)OC(=O)CC/C(=N/O)OC(=O)CCC. The van der Waals surface area contributed by atoms with Crippen molar-refractivity contribution in [3.05, 3.63) is 0 Å². The molecule has 0 spiro atoms. The van der Waals surface area contributed by atoms with E-state index in [1.807, 2.05) is 0 Å². The fraction of sp³-hybridized carbons (Fsp3) is 0.667. The van der Waals surface area contributed by atoms with Gasteiger partial charge in [0.1, 0.15) is 0 Å². The molecule has 0 aliphatic rings. The molecule has 0 aromatic heterocycles. The van der Waals surface area contributed by atoms with Gasteiger partial charge in [0, 0.05) is 19.3 Å². The third-order valence-electron chi connectivity index (χ3n) is 2.02. The Morgan fingerprint density at radius 1 is 0.842 bits per heavy atom. The normalized spacial score (nSPS) is 10.9. The van der Waals surface area contributed by atoms with E-state index in [9.17, 15) is 14.4 Å². The number of hydrogen-bond acceptors (Lipinski definition) is 7. The number of rotatable bonds is 7. The summed E-state index contributed by atoms with van der Waals surface area (Å²) in [5.74, 6) is -2.15. The zero-order valence-electron chi connectivity index (χ0n) is 11.2. The van der Waals surface area contributed by atoms with Crippen LogP contribution in [0.25, 0.3) is 0 Å². The Hall–Kier alpha value is -1.92. The first kappa shape index (κ1) is 17.1. The van der Waals surface area contributed by atoms with E-state index in [2.05, 4.69) is 9.89 Å². The highest BCUT2D eigenvalue weighted by molar-refractivity contribution is 5.91. The molecule has 0 bridgehead atoms. The molecule has 7 heteroatoms. The molecule has 0 amide bonds. The molecule has 0 aliphatic carbocycles. The molecule has 1 N–H and O–H groups in total. The summed E-state index contributed by atoms with van der Waals surface area (Å²) in [7, 11) is 0. The lowest BCUT2D eigenvalue weighted by atomic mass is 10.3. The van der Waals surface area contributed by atoms with E-state index >= 15 is 0 Å². The zero-order valence-corrected chi connectivity index (χ0v) is 11.2. The predicted octanol–water partition coefficient (Wildman–Crippen LogP) is 1.77. The van der Waals surface area contributed by atoms with Gasteiger partial charge in [0.25, 0.3) is 0 Å². The Morgan fingerprint density at radius 2 is 1.32 bits per heavy atom. The molecule has 0 aromatic rings. The quantitative estimate of drug-likeness (QED) is 0.189. The van der Waals surface area contributed by atoms with E-state index in [-0.39, 0.29) is 31.6 Å². The first-order valence-corrected chi connectivity index (χ1v) is 6.18. The average molecular weight is 273 g/mol. The van der Waals surface area contributed by atoms with Crippen LogP contribution in [0.3, 0.4) is 0 Å². The Labute approximate surface area is 111 Å². The van der Waals surface area contributed by atoms with Crippen molar-refractivity contribution in [2.75, 3.05) is 0 Å². The molecule has 0 atom stereocenters. The maximum atomic E-state index is 11.2. The molecule has 0 aromatic carbocycles. The lowest BCUT2D eigenvalue weighted by Crippen LogP contribution is -2.16. The summed E-state index contributed by atoms with van der Waals surface area (Å²) >= 11 is 0. The second kappa shape index (κ2) is 10.0. The minimum Gasteiger partial charge on any atom is -0.408 e. The van der Waals surface area contributed by atoms with E-state index in [0.29, 0.717) is 12.8 Å². The summed E-state index contributed by atoms with van der Waals surface area (Å²) in [6.07, 6.45) is 1.24. The van der Waals surface area contributed by atoms with Crippen LogP contribution in [0, 0.1) is 0 Å². The maximum absolute atomic E-state index is 11.2. The van der Waals surface area contributed by atoms with E-state index in [1.165, 1.54) is 0 Å². The molecule has 0 saturated heterocycles. The van der Waals surface area contributed by atoms with E-state index in [0.717, 1.165) is 0 Å². The van der Waals surface area contributed by atoms with E-state index in [1.54, 1.807) is 13.8 Å². The minimum atomic E-state index is -0.744. The van der Waals surface area contributed by atoms with Crippen molar-refractivity contribution in [3.8, 4) is 0 Å². The standard InChI is InChI=1S/C12H19NO6/c1-3-5-10(14)18-9(13-17)7-8-12(16)19-11(15)6-4-2/h17H,3-8H2,1-2H3/b13-9-. The minimum absolute atomic E-state index is 0.107. The second-order valence-electron chi connectivity index (χ2n) is 3.81.